The molecule has 0 amide bonds. The minimum atomic E-state index is -3.38. The van der Waals surface area contributed by atoms with E-state index in [1.54, 1.807) is 0 Å². The van der Waals surface area contributed by atoms with Gasteiger partial charge >= 0.3 is 0 Å². The van der Waals surface area contributed by atoms with Crippen molar-refractivity contribution in [2.75, 3.05) is 18.8 Å². The summed E-state index contributed by atoms with van der Waals surface area (Å²) in [5.41, 5.74) is 0. The zero-order valence-electron chi connectivity index (χ0n) is 7.13. The summed E-state index contributed by atoms with van der Waals surface area (Å²) < 4.78 is 23.8. The van der Waals surface area contributed by atoms with Gasteiger partial charge in [0.25, 0.3) is 0 Å². The van der Waals surface area contributed by atoms with Gasteiger partial charge in [-0.25, -0.2) is 8.42 Å². The zero-order valence-corrected chi connectivity index (χ0v) is 7.94. The molecule has 1 rings (SSSR count). The van der Waals surface area contributed by atoms with Crippen LogP contribution in [0.4, 0.5) is 0 Å². The van der Waals surface area contributed by atoms with Crippen molar-refractivity contribution in [1.82, 2.24) is 4.31 Å². The lowest BCUT2D eigenvalue weighted by Gasteiger charge is -2.13. The number of nitrogens with zero attached hydrogens (tertiary/aromatic N) is 1. The zero-order chi connectivity index (χ0) is 10.1. The van der Waals surface area contributed by atoms with E-state index in [2.05, 4.69) is 6.58 Å². The summed E-state index contributed by atoms with van der Waals surface area (Å²) in [5, 5.41) is 18.2. The summed E-state index contributed by atoms with van der Waals surface area (Å²) in [6.07, 6.45) is -0.661. The second kappa shape index (κ2) is 3.75. The highest BCUT2D eigenvalue weighted by atomic mass is 32.2. The normalized spacial score (nSPS) is 30.6. The van der Waals surface area contributed by atoms with E-state index in [1.807, 2.05) is 0 Å². The first kappa shape index (κ1) is 10.6. The molecule has 0 aromatic rings. The van der Waals surface area contributed by atoms with Gasteiger partial charge in [0.05, 0.1) is 18.0 Å². The molecule has 1 saturated heterocycles. The van der Waals surface area contributed by atoms with Gasteiger partial charge in [-0.15, -0.1) is 6.58 Å². The molecule has 2 N–H and O–H groups in total. The van der Waals surface area contributed by atoms with Crippen molar-refractivity contribution in [1.29, 1.82) is 0 Å². The van der Waals surface area contributed by atoms with Gasteiger partial charge < -0.3 is 10.2 Å². The number of β-amino-alcohol motifs (C(OH)–C–C–N with tert-alkyl or cyclic N) is 2. The van der Waals surface area contributed by atoms with Gasteiger partial charge in [-0.1, -0.05) is 6.08 Å². The molecule has 1 aliphatic heterocycles. The van der Waals surface area contributed by atoms with Crippen LogP contribution < -0.4 is 0 Å². The van der Waals surface area contributed by atoms with E-state index in [0.717, 1.165) is 4.31 Å². The Morgan fingerprint density at radius 2 is 1.85 bits per heavy atom. The van der Waals surface area contributed by atoms with Crippen LogP contribution in [-0.2, 0) is 10.0 Å². The Morgan fingerprint density at radius 1 is 1.38 bits per heavy atom. The molecule has 76 valence electrons. The summed E-state index contributed by atoms with van der Waals surface area (Å²) in [4.78, 5) is 0. The highest BCUT2D eigenvalue weighted by molar-refractivity contribution is 7.89. The Labute approximate surface area is 77.3 Å². The number of aliphatic hydroxyl groups excluding tert-OH is 2. The molecule has 0 radical (unpaired) electrons. The summed E-state index contributed by atoms with van der Waals surface area (Å²) in [6.45, 7) is 3.26. The van der Waals surface area contributed by atoms with E-state index < -0.39 is 22.2 Å². The Morgan fingerprint density at radius 3 is 2.23 bits per heavy atom. The Kier molecular flexibility index (Phi) is 3.07. The van der Waals surface area contributed by atoms with E-state index in [-0.39, 0.29) is 18.8 Å². The first-order valence-electron chi connectivity index (χ1n) is 3.92. The van der Waals surface area contributed by atoms with Gasteiger partial charge in [-0.05, 0) is 0 Å². The molecule has 1 fully saturated rings. The minimum Gasteiger partial charge on any atom is -0.389 e. The van der Waals surface area contributed by atoms with Crippen molar-refractivity contribution < 1.29 is 18.6 Å². The van der Waals surface area contributed by atoms with Crippen LogP contribution in [-0.4, -0.2) is 54.0 Å². The van der Waals surface area contributed by atoms with Crippen molar-refractivity contribution in [3.63, 3.8) is 0 Å². The predicted molar refractivity (Wildman–Crippen MR) is 47.6 cm³/mol. The predicted octanol–water partition coefficient (Wildman–Crippen LogP) is -1.46. The molecule has 0 aliphatic carbocycles. The second-order valence-electron chi connectivity index (χ2n) is 3.02. The molecule has 0 aromatic carbocycles. The fourth-order valence-corrected chi connectivity index (χ4v) is 2.49. The van der Waals surface area contributed by atoms with E-state index in [4.69, 9.17) is 10.2 Å². The van der Waals surface area contributed by atoms with Crippen molar-refractivity contribution >= 4 is 10.0 Å². The average Bonchev–Trinajstić information content (AvgIpc) is 2.33. The van der Waals surface area contributed by atoms with E-state index >= 15 is 0 Å². The highest BCUT2D eigenvalue weighted by Crippen LogP contribution is 2.14. The number of aliphatic hydroxyl groups is 2. The molecule has 1 aliphatic rings. The van der Waals surface area contributed by atoms with Gasteiger partial charge in [0.15, 0.2) is 0 Å². The van der Waals surface area contributed by atoms with Crippen LogP contribution in [0.1, 0.15) is 0 Å². The van der Waals surface area contributed by atoms with Gasteiger partial charge in [0, 0.05) is 13.1 Å². The van der Waals surface area contributed by atoms with Crippen molar-refractivity contribution in [2.45, 2.75) is 12.2 Å². The Bertz CT molecular complexity index is 277. The Hall–Kier alpha value is -0.430. The molecule has 1 heterocycles. The van der Waals surface area contributed by atoms with E-state index in [0.29, 0.717) is 0 Å². The van der Waals surface area contributed by atoms with Crippen molar-refractivity contribution in [3.05, 3.63) is 12.7 Å². The SMILES string of the molecule is C=CCS(=O)(=O)N1C[C@@H](O)[C@@H](O)C1. The van der Waals surface area contributed by atoms with Crippen molar-refractivity contribution in [3.8, 4) is 0 Å². The number of hydrogen-bond donors (Lipinski definition) is 2. The topological polar surface area (TPSA) is 77.8 Å². The standard InChI is InChI=1S/C7H13NO4S/c1-2-3-13(11,12)8-4-6(9)7(10)5-8/h2,6-7,9-10H,1,3-5H2/t6-,7+. The third-order valence-electron chi connectivity index (χ3n) is 1.95. The minimum absolute atomic E-state index is 0.0304. The maximum absolute atomic E-state index is 11.4. The molecule has 0 bridgehead atoms. The largest absolute Gasteiger partial charge is 0.389 e. The maximum Gasteiger partial charge on any atom is 0.217 e. The first-order valence-corrected chi connectivity index (χ1v) is 5.53. The maximum atomic E-state index is 11.4. The molecular formula is C7H13NO4S. The molecule has 2 atom stereocenters. The molecule has 0 unspecified atom stereocenters. The highest BCUT2D eigenvalue weighted by Gasteiger charge is 2.35. The molecule has 0 spiro atoms. The fraction of sp³-hybridized carbons (Fsp3) is 0.714. The van der Waals surface area contributed by atoms with Gasteiger partial charge in [0.1, 0.15) is 0 Å². The van der Waals surface area contributed by atoms with Crippen LogP contribution in [0.25, 0.3) is 0 Å². The summed E-state index contributed by atoms with van der Waals surface area (Å²) >= 11 is 0. The van der Waals surface area contributed by atoms with Crippen LogP contribution in [0, 0.1) is 0 Å². The van der Waals surface area contributed by atoms with Crippen LogP contribution in [0.2, 0.25) is 0 Å². The van der Waals surface area contributed by atoms with Gasteiger partial charge in [0.2, 0.25) is 10.0 Å². The van der Waals surface area contributed by atoms with Gasteiger partial charge in [-0.2, -0.15) is 4.31 Å². The van der Waals surface area contributed by atoms with Crippen LogP contribution >= 0.6 is 0 Å². The first-order chi connectivity index (χ1) is 5.97. The fourth-order valence-electron chi connectivity index (χ4n) is 1.22. The van der Waals surface area contributed by atoms with E-state index in [1.165, 1.54) is 6.08 Å². The smallest absolute Gasteiger partial charge is 0.217 e. The second-order valence-corrected chi connectivity index (χ2v) is 5.03. The Balaban J connectivity index is 2.70. The van der Waals surface area contributed by atoms with Gasteiger partial charge in [-0.3, -0.25) is 0 Å². The molecule has 6 heteroatoms. The molecular weight excluding hydrogens is 194 g/mol. The molecule has 0 aromatic heterocycles. The number of rotatable bonds is 3. The van der Waals surface area contributed by atoms with Crippen LogP contribution in [0.15, 0.2) is 12.7 Å². The quantitative estimate of drug-likeness (QED) is 0.554. The average molecular weight is 207 g/mol. The lowest BCUT2D eigenvalue weighted by atomic mass is 10.3. The van der Waals surface area contributed by atoms with Crippen molar-refractivity contribution in [2.24, 2.45) is 0 Å². The lowest BCUT2D eigenvalue weighted by Crippen LogP contribution is -2.31. The monoisotopic (exact) mass is 207 g/mol. The number of hydrogen-bond acceptors (Lipinski definition) is 4. The summed E-state index contributed by atoms with van der Waals surface area (Å²) in [5.74, 6) is -0.160. The summed E-state index contributed by atoms with van der Waals surface area (Å²) in [7, 11) is -3.38. The molecule has 5 nitrogen and oxygen atoms in total. The summed E-state index contributed by atoms with van der Waals surface area (Å²) in [6, 6.07) is 0. The molecule has 0 saturated carbocycles. The lowest BCUT2D eigenvalue weighted by molar-refractivity contribution is 0.0572. The third-order valence-corrected chi connectivity index (χ3v) is 3.69. The van der Waals surface area contributed by atoms with Crippen LogP contribution in [0.3, 0.4) is 0 Å². The van der Waals surface area contributed by atoms with E-state index in [9.17, 15) is 8.42 Å². The number of sulfonamides is 1. The third kappa shape index (κ3) is 2.28. The van der Waals surface area contributed by atoms with Crippen LogP contribution in [0.5, 0.6) is 0 Å². The molecule has 13 heavy (non-hydrogen) atoms.